The maximum atomic E-state index is 13.2. The molecule has 25 heavy (non-hydrogen) atoms. The van der Waals surface area contributed by atoms with Gasteiger partial charge < -0.3 is 9.47 Å². The lowest BCUT2D eigenvalue weighted by atomic mass is 10.1. The standard InChI is InChI=1S/C17H17FN2O4S/c1-3-23-17(22)16-20(8-9-24-16)15(21)13-14(25-10(2)19-13)11-4-6-12(18)7-5-11/h4-7,16H,3,8-9H2,1-2H3. The highest BCUT2D eigenvalue weighted by Gasteiger charge is 2.38. The molecule has 1 atom stereocenters. The second kappa shape index (κ2) is 7.28. The van der Waals surface area contributed by atoms with E-state index in [4.69, 9.17) is 9.47 Å². The maximum absolute atomic E-state index is 13.2. The Morgan fingerprint density at radius 1 is 1.40 bits per heavy atom. The van der Waals surface area contributed by atoms with Crippen molar-refractivity contribution in [3.8, 4) is 10.4 Å². The molecule has 1 saturated heterocycles. The number of carbonyl (C=O) groups excluding carboxylic acids is 2. The average Bonchev–Trinajstić information content (AvgIpc) is 3.22. The van der Waals surface area contributed by atoms with Crippen molar-refractivity contribution in [1.29, 1.82) is 0 Å². The van der Waals surface area contributed by atoms with Gasteiger partial charge in [0.1, 0.15) is 11.5 Å². The van der Waals surface area contributed by atoms with Gasteiger partial charge in [0.15, 0.2) is 0 Å². The van der Waals surface area contributed by atoms with Crippen LogP contribution in [0.1, 0.15) is 22.4 Å². The second-order valence-electron chi connectivity index (χ2n) is 5.39. The molecule has 1 aliphatic heterocycles. The van der Waals surface area contributed by atoms with Crippen LogP contribution in [-0.2, 0) is 14.3 Å². The number of rotatable bonds is 4. The molecule has 0 N–H and O–H groups in total. The molecule has 6 nitrogen and oxygen atoms in total. The van der Waals surface area contributed by atoms with Crippen molar-refractivity contribution in [2.24, 2.45) is 0 Å². The zero-order valence-corrected chi connectivity index (χ0v) is 14.6. The number of esters is 1. The Hall–Kier alpha value is -2.32. The molecule has 0 saturated carbocycles. The number of benzene rings is 1. The molecule has 2 aromatic rings. The first-order valence-electron chi connectivity index (χ1n) is 7.84. The lowest BCUT2D eigenvalue weighted by molar-refractivity contribution is -0.159. The molecule has 1 unspecified atom stereocenters. The fourth-order valence-electron chi connectivity index (χ4n) is 2.59. The van der Waals surface area contributed by atoms with Gasteiger partial charge >= 0.3 is 5.97 Å². The third-order valence-corrected chi connectivity index (χ3v) is 4.70. The van der Waals surface area contributed by atoms with Crippen molar-refractivity contribution in [2.45, 2.75) is 20.1 Å². The van der Waals surface area contributed by atoms with Crippen LogP contribution in [-0.4, -0.2) is 47.7 Å². The van der Waals surface area contributed by atoms with Crippen molar-refractivity contribution in [3.05, 3.63) is 40.8 Å². The van der Waals surface area contributed by atoms with Crippen LogP contribution in [0.15, 0.2) is 24.3 Å². The number of amides is 1. The number of hydrogen-bond donors (Lipinski definition) is 0. The number of aryl methyl sites for hydroxylation is 1. The number of nitrogens with zero attached hydrogens (tertiary/aromatic N) is 2. The van der Waals surface area contributed by atoms with Gasteiger partial charge in [-0.15, -0.1) is 11.3 Å². The number of carbonyl (C=O) groups is 2. The van der Waals surface area contributed by atoms with Gasteiger partial charge in [-0.2, -0.15) is 0 Å². The van der Waals surface area contributed by atoms with Crippen LogP contribution in [0.5, 0.6) is 0 Å². The Morgan fingerprint density at radius 2 is 2.12 bits per heavy atom. The quantitative estimate of drug-likeness (QED) is 0.780. The summed E-state index contributed by atoms with van der Waals surface area (Å²) in [4.78, 5) is 31.2. The number of ether oxygens (including phenoxy) is 2. The zero-order valence-electron chi connectivity index (χ0n) is 13.8. The molecule has 132 valence electrons. The average molecular weight is 364 g/mol. The van der Waals surface area contributed by atoms with Gasteiger partial charge in [-0.25, -0.2) is 14.2 Å². The first-order chi connectivity index (χ1) is 12.0. The predicted molar refractivity (Wildman–Crippen MR) is 89.7 cm³/mol. The van der Waals surface area contributed by atoms with Crippen molar-refractivity contribution in [3.63, 3.8) is 0 Å². The Kier molecular flexibility index (Phi) is 5.10. The van der Waals surface area contributed by atoms with Crippen LogP contribution in [0, 0.1) is 12.7 Å². The van der Waals surface area contributed by atoms with E-state index in [2.05, 4.69) is 4.98 Å². The van der Waals surface area contributed by atoms with Gasteiger partial charge in [-0.05, 0) is 31.5 Å². The number of hydrogen-bond acceptors (Lipinski definition) is 6. The molecule has 1 aromatic carbocycles. The molecule has 8 heteroatoms. The van der Waals surface area contributed by atoms with Crippen molar-refractivity contribution in [1.82, 2.24) is 9.88 Å². The molecule has 2 heterocycles. The molecule has 1 fully saturated rings. The summed E-state index contributed by atoms with van der Waals surface area (Å²) in [5, 5.41) is 0.704. The van der Waals surface area contributed by atoms with Crippen molar-refractivity contribution in [2.75, 3.05) is 19.8 Å². The van der Waals surface area contributed by atoms with Crippen LogP contribution < -0.4 is 0 Å². The summed E-state index contributed by atoms with van der Waals surface area (Å²) in [6, 6.07) is 5.86. The van der Waals surface area contributed by atoms with Gasteiger partial charge in [0.2, 0.25) is 6.23 Å². The molecule has 0 aliphatic carbocycles. The van der Waals surface area contributed by atoms with Crippen LogP contribution >= 0.6 is 11.3 Å². The van der Waals surface area contributed by atoms with E-state index >= 15 is 0 Å². The van der Waals surface area contributed by atoms with Crippen LogP contribution in [0.2, 0.25) is 0 Å². The van der Waals surface area contributed by atoms with E-state index in [-0.39, 0.29) is 31.3 Å². The molecule has 0 radical (unpaired) electrons. The normalized spacial score (nSPS) is 16.9. The van der Waals surface area contributed by atoms with Gasteiger partial charge in [-0.3, -0.25) is 9.69 Å². The fourth-order valence-corrected chi connectivity index (χ4v) is 3.51. The Balaban J connectivity index is 1.92. The minimum absolute atomic E-state index is 0.206. The Morgan fingerprint density at radius 3 is 2.80 bits per heavy atom. The monoisotopic (exact) mass is 364 g/mol. The van der Waals surface area contributed by atoms with Gasteiger partial charge in [0.05, 0.1) is 23.1 Å². The molecular weight excluding hydrogens is 347 g/mol. The maximum Gasteiger partial charge on any atom is 0.356 e. The third kappa shape index (κ3) is 3.54. The van der Waals surface area contributed by atoms with Crippen molar-refractivity contribution < 1.29 is 23.5 Å². The lowest BCUT2D eigenvalue weighted by Crippen LogP contribution is -2.42. The molecule has 1 aliphatic rings. The minimum Gasteiger partial charge on any atom is -0.463 e. The van der Waals surface area contributed by atoms with Gasteiger partial charge in [0, 0.05) is 6.54 Å². The zero-order chi connectivity index (χ0) is 18.0. The highest BCUT2D eigenvalue weighted by atomic mass is 32.1. The molecule has 1 aromatic heterocycles. The number of halogens is 1. The van der Waals surface area contributed by atoms with Crippen LogP contribution in [0.4, 0.5) is 4.39 Å². The van der Waals surface area contributed by atoms with E-state index in [1.165, 1.54) is 28.4 Å². The summed E-state index contributed by atoms with van der Waals surface area (Å²) in [6.07, 6.45) is -1.06. The smallest absolute Gasteiger partial charge is 0.356 e. The van der Waals surface area contributed by atoms with E-state index in [0.29, 0.717) is 15.4 Å². The Bertz CT molecular complexity index is 790. The van der Waals surface area contributed by atoms with E-state index in [9.17, 15) is 14.0 Å². The Labute approximate surface area is 148 Å². The van der Waals surface area contributed by atoms with E-state index in [0.717, 1.165) is 0 Å². The minimum atomic E-state index is -1.06. The van der Waals surface area contributed by atoms with Crippen LogP contribution in [0.25, 0.3) is 10.4 Å². The first-order valence-corrected chi connectivity index (χ1v) is 8.65. The number of thiazole rings is 1. The van der Waals surface area contributed by atoms with Crippen LogP contribution in [0.3, 0.4) is 0 Å². The van der Waals surface area contributed by atoms with E-state index < -0.39 is 18.1 Å². The fraction of sp³-hybridized carbons (Fsp3) is 0.353. The topological polar surface area (TPSA) is 68.7 Å². The summed E-state index contributed by atoms with van der Waals surface area (Å²) in [6.45, 7) is 4.22. The summed E-state index contributed by atoms with van der Waals surface area (Å²) in [7, 11) is 0. The first kappa shape index (κ1) is 17.5. The van der Waals surface area contributed by atoms with E-state index in [1.807, 2.05) is 0 Å². The van der Waals surface area contributed by atoms with Gasteiger partial charge in [0.25, 0.3) is 5.91 Å². The number of aromatic nitrogens is 1. The summed E-state index contributed by atoms with van der Waals surface area (Å²) in [5.74, 6) is -1.35. The van der Waals surface area contributed by atoms with Crippen molar-refractivity contribution >= 4 is 23.2 Å². The highest BCUT2D eigenvalue weighted by Crippen LogP contribution is 2.32. The molecular formula is C17H17FN2O4S. The molecule has 0 spiro atoms. The summed E-state index contributed by atoms with van der Waals surface area (Å²) >= 11 is 1.34. The lowest BCUT2D eigenvalue weighted by Gasteiger charge is -2.21. The third-order valence-electron chi connectivity index (χ3n) is 3.68. The summed E-state index contributed by atoms with van der Waals surface area (Å²) < 4.78 is 23.5. The SMILES string of the molecule is CCOC(=O)C1OCCN1C(=O)c1nc(C)sc1-c1ccc(F)cc1. The summed E-state index contributed by atoms with van der Waals surface area (Å²) in [5.41, 5.74) is 0.928. The molecule has 1 amide bonds. The molecule has 0 bridgehead atoms. The molecule has 3 rings (SSSR count). The highest BCUT2D eigenvalue weighted by molar-refractivity contribution is 7.15. The predicted octanol–water partition coefficient (Wildman–Crippen LogP) is 2.62. The van der Waals surface area contributed by atoms with E-state index in [1.54, 1.807) is 26.0 Å². The second-order valence-corrected chi connectivity index (χ2v) is 6.59. The largest absolute Gasteiger partial charge is 0.463 e. The van der Waals surface area contributed by atoms with Gasteiger partial charge in [-0.1, -0.05) is 12.1 Å².